The first kappa shape index (κ1) is 21.6. The molecule has 2 fully saturated rings. The summed E-state index contributed by atoms with van der Waals surface area (Å²) in [7, 11) is 0. The lowest BCUT2D eigenvalue weighted by Crippen LogP contribution is -2.50. The molecule has 1 aliphatic heterocycles. The van der Waals surface area contributed by atoms with E-state index in [0.717, 1.165) is 12.8 Å². The molecular formula is C19H31F2N3O3. The highest BCUT2D eigenvalue weighted by molar-refractivity contribution is 5.88. The molecule has 154 valence electrons. The Bertz CT molecular complexity index is 554. The summed E-state index contributed by atoms with van der Waals surface area (Å²) >= 11 is 0. The molecule has 2 atom stereocenters. The van der Waals surface area contributed by atoms with Crippen molar-refractivity contribution in [2.45, 2.75) is 83.2 Å². The van der Waals surface area contributed by atoms with Crippen LogP contribution in [0.3, 0.4) is 0 Å². The summed E-state index contributed by atoms with van der Waals surface area (Å²) in [5, 5.41) is 5.51. The smallest absolute Gasteiger partial charge is 0.248 e. The van der Waals surface area contributed by atoms with E-state index >= 15 is 0 Å². The Labute approximate surface area is 159 Å². The molecule has 1 heterocycles. The molecule has 0 aromatic heterocycles. The van der Waals surface area contributed by atoms with Crippen LogP contribution in [0, 0.1) is 5.92 Å². The molecule has 2 unspecified atom stereocenters. The number of amides is 3. The van der Waals surface area contributed by atoms with Gasteiger partial charge in [-0.2, -0.15) is 0 Å². The second-order valence-corrected chi connectivity index (χ2v) is 7.93. The Kier molecular flexibility index (Phi) is 7.56. The number of nitrogens with one attached hydrogen (secondary N) is 2. The number of nitrogens with zero attached hydrogens (tertiary/aromatic N) is 1. The van der Waals surface area contributed by atoms with Crippen LogP contribution in [0.5, 0.6) is 0 Å². The SMILES string of the molecule is CC(C)N(CCCNC(=O)C1CCC(F)(F)C1)C(=O)C1CCCCC(=O)N1. The van der Waals surface area contributed by atoms with Crippen molar-refractivity contribution in [2.24, 2.45) is 5.92 Å². The van der Waals surface area contributed by atoms with Crippen LogP contribution in [0.25, 0.3) is 0 Å². The molecule has 8 heteroatoms. The van der Waals surface area contributed by atoms with Crippen LogP contribution in [-0.2, 0) is 14.4 Å². The summed E-state index contributed by atoms with van der Waals surface area (Å²) in [5.41, 5.74) is 0. The van der Waals surface area contributed by atoms with Gasteiger partial charge < -0.3 is 15.5 Å². The minimum Gasteiger partial charge on any atom is -0.356 e. The molecule has 1 saturated carbocycles. The molecule has 2 rings (SSSR count). The molecule has 1 saturated heterocycles. The van der Waals surface area contributed by atoms with Crippen LogP contribution in [0.4, 0.5) is 8.78 Å². The average Bonchev–Trinajstić information content (AvgIpc) is 2.82. The highest BCUT2D eigenvalue weighted by Crippen LogP contribution is 2.38. The van der Waals surface area contributed by atoms with Gasteiger partial charge in [0.25, 0.3) is 0 Å². The van der Waals surface area contributed by atoms with Crippen LogP contribution in [0.15, 0.2) is 0 Å². The number of rotatable bonds is 7. The summed E-state index contributed by atoms with van der Waals surface area (Å²) in [6, 6.07) is -0.514. The lowest BCUT2D eigenvalue weighted by Gasteiger charge is -2.30. The van der Waals surface area contributed by atoms with E-state index in [1.807, 2.05) is 13.8 Å². The standard InChI is InChI=1S/C19H31F2N3O3/c1-13(2)24(18(27)15-6-3-4-7-16(25)23-15)11-5-10-22-17(26)14-8-9-19(20,21)12-14/h13-15H,3-12H2,1-2H3,(H,22,26)(H,23,25). The number of alkyl halides is 2. The van der Waals surface area contributed by atoms with Gasteiger partial charge in [0.05, 0.1) is 0 Å². The van der Waals surface area contributed by atoms with E-state index in [-0.39, 0.29) is 43.0 Å². The number of carbonyl (C=O) groups is 3. The number of hydrogen-bond donors (Lipinski definition) is 2. The lowest BCUT2D eigenvalue weighted by atomic mass is 10.1. The van der Waals surface area contributed by atoms with Gasteiger partial charge in [-0.1, -0.05) is 6.42 Å². The topological polar surface area (TPSA) is 78.5 Å². The summed E-state index contributed by atoms with van der Waals surface area (Å²) in [5.74, 6) is -3.86. The Morgan fingerprint density at radius 1 is 1.30 bits per heavy atom. The van der Waals surface area contributed by atoms with Crippen molar-refractivity contribution in [3.8, 4) is 0 Å². The predicted molar refractivity (Wildman–Crippen MR) is 97.2 cm³/mol. The number of hydrogen-bond acceptors (Lipinski definition) is 3. The predicted octanol–water partition coefficient (Wildman–Crippen LogP) is 2.22. The molecule has 0 radical (unpaired) electrons. The molecule has 3 amide bonds. The lowest BCUT2D eigenvalue weighted by molar-refractivity contribution is -0.137. The van der Waals surface area contributed by atoms with E-state index in [1.54, 1.807) is 4.90 Å². The third-order valence-electron chi connectivity index (χ3n) is 5.34. The van der Waals surface area contributed by atoms with Crippen molar-refractivity contribution in [3.05, 3.63) is 0 Å². The largest absolute Gasteiger partial charge is 0.356 e. The van der Waals surface area contributed by atoms with E-state index in [1.165, 1.54) is 0 Å². The normalized spacial score (nSPS) is 25.0. The van der Waals surface area contributed by atoms with E-state index in [2.05, 4.69) is 10.6 Å². The third-order valence-corrected chi connectivity index (χ3v) is 5.34. The minimum absolute atomic E-state index is 0.0260. The van der Waals surface area contributed by atoms with Crippen molar-refractivity contribution in [3.63, 3.8) is 0 Å². The number of halogens is 2. The molecule has 0 bridgehead atoms. The first-order valence-corrected chi connectivity index (χ1v) is 9.95. The summed E-state index contributed by atoms with van der Waals surface area (Å²) in [6.45, 7) is 4.61. The van der Waals surface area contributed by atoms with Crippen LogP contribution >= 0.6 is 0 Å². The van der Waals surface area contributed by atoms with Gasteiger partial charge >= 0.3 is 0 Å². The van der Waals surface area contributed by atoms with Gasteiger partial charge in [-0.3, -0.25) is 14.4 Å². The van der Waals surface area contributed by atoms with Crippen molar-refractivity contribution < 1.29 is 23.2 Å². The van der Waals surface area contributed by atoms with Crippen LogP contribution in [-0.4, -0.2) is 53.7 Å². The van der Waals surface area contributed by atoms with Gasteiger partial charge in [-0.25, -0.2) is 8.78 Å². The molecule has 0 spiro atoms. The van der Waals surface area contributed by atoms with Gasteiger partial charge in [0.15, 0.2) is 0 Å². The molecule has 6 nitrogen and oxygen atoms in total. The zero-order chi connectivity index (χ0) is 20.0. The van der Waals surface area contributed by atoms with E-state index in [4.69, 9.17) is 0 Å². The fraction of sp³-hybridized carbons (Fsp3) is 0.842. The minimum atomic E-state index is -2.73. The summed E-state index contributed by atoms with van der Waals surface area (Å²) < 4.78 is 26.4. The monoisotopic (exact) mass is 387 g/mol. The highest BCUT2D eigenvalue weighted by atomic mass is 19.3. The van der Waals surface area contributed by atoms with Gasteiger partial charge in [-0.15, -0.1) is 0 Å². The van der Waals surface area contributed by atoms with Gasteiger partial charge in [-0.05, 0) is 39.5 Å². The maximum Gasteiger partial charge on any atom is 0.248 e. The van der Waals surface area contributed by atoms with Crippen molar-refractivity contribution in [2.75, 3.05) is 13.1 Å². The molecular weight excluding hydrogens is 356 g/mol. The zero-order valence-electron chi connectivity index (χ0n) is 16.2. The second-order valence-electron chi connectivity index (χ2n) is 7.93. The number of carbonyl (C=O) groups excluding carboxylic acids is 3. The fourth-order valence-corrected chi connectivity index (χ4v) is 3.76. The maximum absolute atomic E-state index is 13.2. The first-order chi connectivity index (χ1) is 12.7. The molecule has 1 aliphatic carbocycles. The quantitative estimate of drug-likeness (QED) is 0.658. The van der Waals surface area contributed by atoms with E-state index in [0.29, 0.717) is 32.4 Å². The Hall–Kier alpha value is -1.73. The van der Waals surface area contributed by atoms with E-state index < -0.39 is 17.9 Å². The van der Waals surface area contributed by atoms with Crippen molar-refractivity contribution in [1.29, 1.82) is 0 Å². The zero-order valence-corrected chi connectivity index (χ0v) is 16.2. The van der Waals surface area contributed by atoms with Gasteiger partial charge in [0.1, 0.15) is 6.04 Å². The van der Waals surface area contributed by atoms with Crippen molar-refractivity contribution in [1.82, 2.24) is 15.5 Å². The molecule has 2 aliphatic rings. The van der Waals surface area contributed by atoms with Gasteiger partial charge in [0.2, 0.25) is 23.6 Å². The molecule has 0 aromatic carbocycles. The van der Waals surface area contributed by atoms with Gasteiger partial charge in [0, 0.05) is 44.3 Å². The summed E-state index contributed by atoms with van der Waals surface area (Å²) in [4.78, 5) is 38.2. The Morgan fingerprint density at radius 2 is 2.04 bits per heavy atom. The van der Waals surface area contributed by atoms with Crippen LogP contribution < -0.4 is 10.6 Å². The summed E-state index contributed by atoms with van der Waals surface area (Å²) in [6.07, 6.45) is 2.88. The van der Waals surface area contributed by atoms with E-state index in [9.17, 15) is 23.2 Å². The Morgan fingerprint density at radius 3 is 2.67 bits per heavy atom. The van der Waals surface area contributed by atoms with Crippen LogP contribution in [0.1, 0.15) is 65.2 Å². The third kappa shape index (κ3) is 6.43. The fourth-order valence-electron chi connectivity index (χ4n) is 3.76. The molecule has 0 aromatic rings. The molecule has 2 N–H and O–H groups in total. The first-order valence-electron chi connectivity index (χ1n) is 9.95. The average molecular weight is 387 g/mol. The maximum atomic E-state index is 13.2. The Balaban J connectivity index is 1.78. The van der Waals surface area contributed by atoms with Crippen LogP contribution in [0.2, 0.25) is 0 Å². The van der Waals surface area contributed by atoms with Crippen molar-refractivity contribution >= 4 is 17.7 Å². The molecule has 27 heavy (non-hydrogen) atoms. The second kappa shape index (κ2) is 9.46. The highest BCUT2D eigenvalue weighted by Gasteiger charge is 2.42.